The highest BCUT2D eigenvalue weighted by molar-refractivity contribution is 8.18. The number of thioether (sulfide) groups is 1. The standard InChI is InChI=1S/C15H14N4O4S/c1-9(20)17-11-6-4-3-5-10(11)8-16-19-15-18-14(22)12(24-15)7-13(21)23-2/h3-8H,1-2H3,(H,17,20)(H,18,19,22)/b12-7+,16-8?. The van der Waals surface area contributed by atoms with Crippen molar-refractivity contribution in [2.45, 2.75) is 6.92 Å². The van der Waals surface area contributed by atoms with Crippen LogP contribution in [0.25, 0.3) is 0 Å². The molecule has 0 saturated carbocycles. The number of amides is 2. The Morgan fingerprint density at radius 3 is 2.79 bits per heavy atom. The van der Waals surface area contributed by atoms with Crippen LogP contribution in [0.3, 0.4) is 0 Å². The molecule has 2 rings (SSSR count). The summed E-state index contributed by atoms with van der Waals surface area (Å²) in [6.45, 7) is 1.41. The molecule has 0 bridgehead atoms. The first kappa shape index (κ1) is 17.4. The lowest BCUT2D eigenvalue weighted by atomic mass is 10.2. The number of para-hydroxylation sites is 1. The minimum absolute atomic E-state index is 0.175. The summed E-state index contributed by atoms with van der Waals surface area (Å²) in [6, 6.07) is 7.08. The number of amidine groups is 1. The first-order valence-corrected chi connectivity index (χ1v) is 7.57. The van der Waals surface area contributed by atoms with Crippen LogP contribution in [-0.2, 0) is 19.1 Å². The Morgan fingerprint density at radius 2 is 2.08 bits per heavy atom. The predicted octanol–water partition coefficient (Wildman–Crippen LogP) is 1.25. The van der Waals surface area contributed by atoms with E-state index in [9.17, 15) is 14.4 Å². The van der Waals surface area contributed by atoms with E-state index >= 15 is 0 Å². The molecule has 0 aromatic heterocycles. The predicted molar refractivity (Wildman–Crippen MR) is 91.6 cm³/mol. The van der Waals surface area contributed by atoms with Crippen LogP contribution in [0, 0.1) is 0 Å². The Bertz CT molecular complexity index is 770. The number of ether oxygens (including phenoxy) is 1. The Labute approximate surface area is 142 Å². The number of hydrogen-bond donors (Lipinski definition) is 2. The Balaban J connectivity index is 2.11. The van der Waals surface area contributed by atoms with E-state index in [1.165, 1.54) is 20.2 Å². The summed E-state index contributed by atoms with van der Waals surface area (Å²) >= 11 is 0.979. The van der Waals surface area contributed by atoms with E-state index in [2.05, 4.69) is 25.6 Å². The third kappa shape index (κ3) is 4.78. The maximum Gasteiger partial charge on any atom is 0.331 e. The number of carbonyl (C=O) groups is 3. The molecule has 1 heterocycles. The van der Waals surface area contributed by atoms with Crippen molar-refractivity contribution >= 4 is 46.6 Å². The number of carbonyl (C=O) groups excluding carboxylic acids is 3. The minimum atomic E-state index is -0.623. The van der Waals surface area contributed by atoms with Gasteiger partial charge in [-0.2, -0.15) is 5.10 Å². The number of methoxy groups -OCH3 is 1. The van der Waals surface area contributed by atoms with Crippen molar-refractivity contribution in [3.05, 3.63) is 40.8 Å². The number of esters is 1. The highest BCUT2D eigenvalue weighted by atomic mass is 32.2. The molecule has 1 fully saturated rings. The number of rotatable bonds is 4. The van der Waals surface area contributed by atoms with Crippen LogP contribution in [0.5, 0.6) is 0 Å². The van der Waals surface area contributed by atoms with Crippen LogP contribution in [0.2, 0.25) is 0 Å². The van der Waals surface area contributed by atoms with Crippen LogP contribution in [-0.4, -0.2) is 36.3 Å². The molecule has 0 unspecified atom stereocenters. The van der Waals surface area contributed by atoms with Gasteiger partial charge in [-0.3, -0.25) is 14.9 Å². The van der Waals surface area contributed by atoms with Crippen molar-refractivity contribution in [3.8, 4) is 0 Å². The van der Waals surface area contributed by atoms with E-state index in [1.54, 1.807) is 24.3 Å². The molecule has 124 valence electrons. The van der Waals surface area contributed by atoms with E-state index in [-0.39, 0.29) is 16.0 Å². The van der Waals surface area contributed by atoms with Gasteiger partial charge in [0.05, 0.1) is 18.2 Å². The van der Waals surface area contributed by atoms with Crippen molar-refractivity contribution in [2.75, 3.05) is 12.4 Å². The molecular weight excluding hydrogens is 332 g/mol. The molecule has 1 aliphatic heterocycles. The van der Waals surface area contributed by atoms with Gasteiger partial charge in [0, 0.05) is 24.3 Å². The fourth-order valence-corrected chi connectivity index (χ4v) is 2.44. The molecule has 1 aliphatic rings. The van der Waals surface area contributed by atoms with Gasteiger partial charge in [0.2, 0.25) is 5.91 Å². The maximum absolute atomic E-state index is 11.7. The molecule has 9 heteroatoms. The van der Waals surface area contributed by atoms with E-state index in [4.69, 9.17) is 0 Å². The molecular formula is C15H14N4O4S. The first-order valence-electron chi connectivity index (χ1n) is 6.76. The van der Waals surface area contributed by atoms with Crippen molar-refractivity contribution < 1.29 is 19.1 Å². The largest absolute Gasteiger partial charge is 0.466 e. The summed E-state index contributed by atoms with van der Waals surface area (Å²) < 4.78 is 4.47. The van der Waals surface area contributed by atoms with Crippen molar-refractivity contribution in [1.82, 2.24) is 5.32 Å². The fourth-order valence-electron chi connectivity index (χ4n) is 1.70. The normalized spacial score (nSPS) is 17.3. The van der Waals surface area contributed by atoms with Gasteiger partial charge in [0.15, 0.2) is 5.17 Å². The van der Waals surface area contributed by atoms with E-state index in [0.29, 0.717) is 11.3 Å². The molecule has 2 N–H and O–H groups in total. The average Bonchev–Trinajstić information content (AvgIpc) is 2.88. The molecule has 0 atom stereocenters. The molecule has 1 aromatic carbocycles. The SMILES string of the molecule is COC(=O)/C=C1/S/C(=N\N=Cc2ccccc2NC(C)=O)NC1=O. The molecule has 1 aromatic rings. The van der Waals surface area contributed by atoms with Gasteiger partial charge in [-0.05, 0) is 17.8 Å². The van der Waals surface area contributed by atoms with Gasteiger partial charge < -0.3 is 10.1 Å². The second kappa shape index (κ2) is 8.06. The molecule has 24 heavy (non-hydrogen) atoms. The lowest BCUT2D eigenvalue weighted by Crippen LogP contribution is -2.19. The second-order valence-corrected chi connectivity index (χ2v) is 5.54. The van der Waals surface area contributed by atoms with Crippen LogP contribution in [0.1, 0.15) is 12.5 Å². The molecule has 8 nitrogen and oxygen atoms in total. The van der Waals surface area contributed by atoms with Gasteiger partial charge in [-0.1, -0.05) is 18.2 Å². The minimum Gasteiger partial charge on any atom is -0.466 e. The number of anilines is 1. The summed E-state index contributed by atoms with van der Waals surface area (Å²) in [5, 5.41) is 13.2. The summed E-state index contributed by atoms with van der Waals surface area (Å²) in [5.41, 5.74) is 1.26. The smallest absolute Gasteiger partial charge is 0.331 e. The molecule has 0 aliphatic carbocycles. The molecule has 2 amide bonds. The van der Waals surface area contributed by atoms with Crippen molar-refractivity contribution in [2.24, 2.45) is 10.2 Å². The van der Waals surface area contributed by atoms with Crippen LogP contribution < -0.4 is 10.6 Å². The maximum atomic E-state index is 11.7. The third-order valence-corrected chi connectivity index (χ3v) is 3.62. The zero-order chi connectivity index (χ0) is 17.5. The molecule has 1 saturated heterocycles. The fraction of sp³-hybridized carbons (Fsp3) is 0.133. The highest BCUT2D eigenvalue weighted by Crippen LogP contribution is 2.23. The van der Waals surface area contributed by atoms with Gasteiger partial charge in [-0.15, -0.1) is 5.10 Å². The second-order valence-electron chi connectivity index (χ2n) is 4.51. The van der Waals surface area contributed by atoms with Gasteiger partial charge in [0.1, 0.15) is 0 Å². The monoisotopic (exact) mass is 346 g/mol. The summed E-state index contributed by atoms with van der Waals surface area (Å²) in [4.78, 5) is 34.1. The van der Waals surface area contributed by atoms with Gasteiger partial charge >= 0.3 is 5.97 Å². The Hall–Kier alpha value is -2.94. The zero-order valence-corrected chi connectivity index (χ0v) is 13.7. The average molecular weight is 346 g/mol. The number of nitrogens with zero attached hydrogens (tertiary/aromatic N) is 2. The quantitative estimate of drug-likeness (QED) is 0.369. The lowest BCUT2D eigenvalue weighted by molar-refractivity contribution is -0.135. The Morgan fingerprint density at radius 1 is 1.33 bits per heavy atom. The van der Waals surface area contributed by atoms with Crippen molar-refractivity contribution in [3.63, 3.8) is 0 Å². The number of hydrogen-bond acceptors (Lipinski definition) is 7. The summed E-state index contributed by atoms with van der Waals surface area (Å²) in [7, 11) is 1.22. The lowest BCUT2D eigenvalue weighted by Gasteiger charge is -2.04. The molecule has 0 radical (unpaired) electrons. The van der Waals surface area contributed by atoms with Gasteiger partial charge in [-0.25, -0.2) is 4.79 Å². The first-order chi connectivity index (χ1) is 11.5. The summed E-state index contributed by atoms with van der Waals surface area (Å²) in [6.07, 6.45) is 2.53. The van der Waals surface area contributed by atoms with E-state index in [0.717, 1.165) is 17.8 Å². The van der Waals surface area contributed by atoms with E-state index in [1.807, 2.05) is 0 Å². The zero-order valence-electron chi connectivity index (χ0n) is 12.9. The Kier molecular flexibility index (Phi) is 5.85. The number of benzene rings is 1. The third-order valence-electron chi connectivity index (χ3n) is 2.72. The van der Waals surface area contributed by atoms with Crippen LogP contribution in [0.15, 0.2) is 45.4 Å². The van der Waals surface area contributed by atoms with Gasteiger partial charge in [0.25, 0.3) is 5.91 Å². The summed E-state index contributed by atoms with van der Waals surface area (Å²) in [5.74, 6) is -1.27. The topological polar surface area (TPSA) is 109 Å². The van der Waals surface area contributed by atoms with Crippen LogP contribution in [0.4, 0.5) is 5.69 Å². The van der Waals surface area contributed by atoms with Crippen molar-refractivity contribution in [1.29, 1.82) is 0 Å². The highest BCUT2D eigenvalue weighted by Gasteiger charge is 2.24. The number of nitrogens with one attached hydrogen (secondary N) is 2. The van der Waals surface area contributed by atoms with Crippen LogP contribution >= 0.6 is 11.8 Å². The molecule has 0 spiro atoms. The van der Waals surface area contributed by atoms with E-state index < -0.39 is 11.9 Å².